The van der Waals surface area contributed by atoms with Gasteiger partial charge in [0.1, 0.15) is 5.00 Å². The maximum Gasteiger partial charge on any atom is 0.341 e. The number of aromatic nitrogens is 2. The van der Waals surface area contributed by atoms with Crippen molar-refractivity contribution in [1.82, 2.24) is 9.78 Å². The summed E-state index contributed by atoms with van der Waals surface area (Å²) in [6.45, 7) is 6.08. The number of anilines is 1. The summed E-state index contributed by atoms with van der Waals surface area (Å²) in [5.74, 6) is -0.00991. The number of nitrogens with one attached hydrogen (secondary N) is 1. The minimum absolute atomic E-state index is 0.0950. The van der Waals surface area contributed by atoms with Gasteiger partial charge in [0.15, 0.2) is 0 Å². The van der Waals surface area contributed by atoms with Gasteiger partial charge in [-0.25, -0.2) is 4.79 Å². The molecule has 2 aromatic heterocycles. The van der Waals surface area contributed by atoms with Gasteiger partial charge in [0, 0.05) is 19.2 Å². The molecule has 6 nitrogen and oxygen atoms in total. The van der Waals surface area contributed by atoms with Crippen molar-refractivity contribution in [1.29, 1.82) is 0 Å². The van der Waals surface area contributed by atoms with Crippen LogP contribution in [0.25, 0.3) is 0 Å². The lowest BCUT2D eigenvalue weighted by Gasteiger charge is -2.08. The van der Waals surface area contributed by atoms with Crippen molar-refractivity contribution in [3.05, 3.63) is 33.5 Å². The Hall–Kier alpha value is -2.15. The van der Waals surface area contributed by atoms with E-state index < -0.39 is 0 Å². The standard InChI is InChI=1S/C19H25N3O3S/c1-5-25-19(24)17-15(13-6-7-13)10-26-18(17)20-16(23)9-8-14-11(2)21-22(4)12(14)3/h10,13H,5-9H2,1-4H3,(H,20,23). The zero-order chi connectivity index (χ0) is 18.8. The number of amides is 1. The maximum atomic E-state index is 12.5. The van der Waals surface area contributed by atoms with Crippen LogP contribution in [0.5, 0.6) is 0 Å². The van der Waals surface area contributed by atoms with Crippen LogP contribution in [0.2, 0.25) is 0 Å². The van der Waals surface area contributed by atoms with Crippen LogP contribution >= 0.6 is 11.3 Å². The van der Waals surface area contributed by atoms with Gasteiger partial charge in [0.2, 0.25) is 5.91 Å². The summed E-state index contributed by atoms with van der Waals surface area (Å²) in [7, 11) is 1.91. The molecule has 26 heavy (non-hydrogen) atoms. The predicted molar refractivity (Wildman–Crippen MR) is 102 cm³/mol. The number of carbonyl (C=O) groups excluding carboxylic acids is 2. The molecule has 2 heterocycles. The van der Waals surface area contributed by atoms with Gasteiger partial charge in [-0.2, -0.15) is 5.10 Å². The minimum Gasteiger partial charge on any atom is -0.462 e. The van der Waals surface area contributed by atoms with Gasteiger partial charge in [0.25, 0.3) is 0 Å². The number of aryl methyl sites for hydroxylation is 2. The summed E-state index contributed by atoms with van der Waals surface area (Å²) in [6, 6.07) is 0. The third-order valence-corrected chi connectivity index (χ3v) is 5.74. The highest BCUT2D eigenvalue weighted by atomic mass is 32.1. The van der Waals surface area contributed by atoms with E-state index in [1.54, 1.807) is 6.92 Å². The lowest BCUT2D eigenvalue weighted by Crippen LogP contribution is -2.15. The number of ether oxygens (including phenoxy) is 1. The summed E-state index contributed by atoms with van der Waals surface area (Å²) in [5, 5.41) is 9.89. The molecule has 0 aliphatic heterocycles. The van der Waals surface area contributed by atoms with E-state index in [0.717, 1.165) is 35.4 Å². The van der Waals surface area contributed by atoms with Crippen molar-refractivity contribution in [2.45, 2.75) is 52.4 Å². The zero-order valence-corrected chi connectivity index (χ0v) is 16.5. The topological polar surface area (TPSA) is 73.2 Å². The van der Waals surface area contributed by atoms with Crippen molar-refractivity contribution in [2.75, 3.05) is 11.9 Å². The van der Waals surface area contributed by atoms with Crippen LogP contribution in [0, 0.1) is 13.8 Å². The fraction of sp³-hybridized carbons (Fsp3) is 0.526. The van der Waals surface area contributed by atoms with Crippen LogP contribution in [0.1, 0.15) is 65.0 Å². The van der Waals surface area contributed by atoms with Crippen molar-refractivity contribution in [3.8, 4) is 0 Å². The molecule has 0 unspecified atom stereocenters. The molecule has 1 amide bonds. The first-order valence-electron chi connectivity index (χ1n) is 8.99. The van der Waals surface area contributed by atoms with Crippen LogP contribution in [0.4, 0.5) is 5.00 Å². The number of carbonyl (C=O) groups is 2. The van der Waals surface area contributed by atoms with E-state index in [1.165, 1.54) is 11.3 Å². The van der Waals surface area contributed by atoms with Gasteiger partial charge in [0.05, 0.1) is 17.9 Å². The number of nitrogens with zero attached hydrogens (tertiary/aromatic N) is 2. The Morgan fingerprint density at radius 2 is 2.12 bits per heavy atom. The molecular formula is C19H25N3O3S. The molecule has 1 saturated carbocycles. The van der Waals surface area contributed by atoms with Crippen LogP contribution < -0.4 is 5.32 Å². The third kappa shape index (κ3) is 3.82. The predicted octanol–water partition coefficient (Wildman–Crippen LogP) is 3.72. The third-order valence-electron chi connectivity index (χ3n) is 4.83. The van der Waals surface area contributed by atoms with Gasteiger partial charge in [-0.05, 0) is 62.5 Å². The monoisotopic (exact) mass is 375 g/mol. The summed E-state index contributed by atoms with van der Waals surface area (Å²) in [6.07, 6.45) is 3.17. The summed E-state index contributed by atoms with van der Waals surface area (Å²) in [4.78, 5) is 24.8. The largest absolute Gasteiger partial charge is 0.462 e. The van der Waals surface area contributed by atoms with Crippen LogP contribution in [-0.2, 0) is 23.0 Å². The Morgan fingerprint density at radius 3 is 2.69 bits per heavy atom. The molecule has 0 bridgehead atoms. The molecule has 0 atom stereocenters. The van der Waals surface area contributed by atoms with Gasteiger partial charge >= 0.3 is 5.97 Å². The Kier molecular flexibility index (Phi) is 5.46. The molecular weight excluding hydrogens is 350 g/mol. The molecule has 1 fully saturated rings. The molecule has 3 rings (SSSR count). The van der Waals surface area contributed by atoms with E-state index in [-0.39, 0.29) is 11.9 Å². The van der Waals surface area contributed by atoms with Gasteiger partial charge < -0.3 is 10.1 Å². The summed E-state index contributed by atoms with van der Waals surface area (Å²) >= 11 is 1.41. The molecule has 0 aromatic carbocycles. The lowest BCUT2D eigenvalue weighted by molar-refractivity contribution is -0.116. The van der Waals surface area contributed by atoms with E-state index in [4.69, 9.17) is 4.74 Å². The van der Waals surface area contributed by atoms with E-state index in [1.807, 2.05) is 31.0 Å². The van der Waals surface area contributed by atoms with Crippen molar-refractivity contribution in [2.24, 2.45) is 7.05 Å². The highest BCUT2D eigenvalue weighted by molar-refractivity contribution is 7.15. The number of esters is 1. The zero-order valence-electron chi connectivity index (χ0n) is 15.7. The summed E-state index contributed by atoms with van der Waals surface area (Å²) in [5.41, 5.74) is 4.70. The lowest BCUT2D eigenvalue weighted by atomic mass is 10.1. The van der Waals surface area contributed by atoms with E-state index in [9.17, 15) is 9.59 Å². The molecule has 1 N–H and O–H groups in total. The average Bonchev–Trinajstić information content (AvgIpc) is 3.30. The van der Waals surface area contributed by atoms with Gasteiger partial charge in [-0.15, -0.1) is 11.3 Å². The van der Waals surface area contributed by atoms with Gasteiger partial charge in [-0.1, -0.05) is 0 Å². The van der Waals surface area contributed by atoms with Crippen LogP contribution in [0.3, 0.4) is 0 Å². The molecule has 7 heteroatoms. The molecule has 140 valence electrons. The Morgan fingerprint density at radius 1 is 1.38 bits per heavy atom. The fourth-order valence-electron chi connectivity index (χ4n) is 3.18. The number of thiophene rings is 1. The van der Waals surface area contributed by atoms with Gasteiger partial charge in [-0.3, -0.25) is 9.48 Å². The van der Waals surface area contributed by atoms with Crippen LogP contribution in [0.15, 0.2) is 5.38 Å². The first-order valence-corrected chi connectivity index (χ1v) is 9.87. The second-order valence-corrected chi connectivity index (χ2v) is 7.59. The molecule has 2 aromatic rings. The number of rotatable bonds is 7. The highest BCUT2D eigenvalue weighted by Gasteiger charge is 2.32. The maximum absolute atomic E-state index is 12.5. The normalized spacial score (nSPS) is 13.7. The van der Waals surface area contributed by atoms with E-state index in [2.05, 4.69) is 10.4 Å². The average molecular weight is 375 g/mol. The highest BCUT2D eigenvalue weighted by Crippen LogP contribution is 2.46. The van der Waals surface area contributed by atoms with Crippen LogP contribution in [-0.4, -0.2) is 28.3 Å². The second kappa shape index (κ2) is 7.61. The van der Waals surface area contributed by atoms with Crippen molar-refractivity contribution >= 4 is 28.2 Å². The molecule has 0 spiro atoms. The summed E-state index contributed by atoms with van der Waals surface area (Å²) < 4.78 is 7.03. The van der Waals surface area contributed by atoms with Crippen molar-refractivity contribution in [3.63, 3.8) is 0 Å². The second-order valence-electron chi connectivity index (χ2n) is 6.71. The van der Waals surface area contributed by atoms with E-state index >= 15 is 0 Å². The number of hydrogen-bond donors (Lipinski definition) is 1. The number of hydrogen-bond acceptors (Lipinski definition) is 5. The Labute approximate surface area is 157 Å². The quantitative estimate of drug-likeness (QED) is 0.749. The Balaban J connectivity index is 1.70. The first kappa shape index (κ1) is 18.6. The Bertz CT molecular complexity index is 833. The molecule has 0 saturated heterocycles. The first-order chi connectivity index (χ1) is 12.4. The van der Waals surface area contributed by atoms with E-state index in [0.29, 0.717) is 35.9 Å². The fourth-order valence-corrected chi connectivity index (χ4v) is 4.23. The molecule has 1 aliphatic rings. The molecule has 1 aliphatic carbocycles. The van der Waals surface area contributed by atoms with Crippen molar-refractivity contribution < 1.29 is 14.3 Å². The molecule has 0 radical (unpaired) electrons. The minimum atomic E-state index is -0.343. The SMILES string of the molecule is CCOC(=O)c1c(C2CC2)csc1NC(=O)CCc1c(C)nn(C)c1C. The smallest absolute Gasteiger partial charge is 0.341 e.